The number of esters is 1. The second-order valence-corrected chi connectivity index (χ2v) is 11.9. The Morgan fingerprint density at radius 3 is 2.44 bits per heavy atom. The van der Waals surface area contributed by atoms with Gasteiger partial charge in [0.1, 0.15) is 22.7 Å². The van der Waals surface area contributed by atoms with E-state index in [9.17, 15) is 9.59 Å². The summed E-state index contributed by atoms with van der Waals surface area (Å²) in [5.41, 5.74) is 2.48. The van der Waals surface area contributed by atoms with Crippen molar-refractivity contribution in [2.75, 3.05) is 31.6 Å². The Kier molecular flexibility index (Phi) is 8.09. The summed E-state index contributed by atoms with van der Waals surface area (Å²) in [6.07, 6.45) is 7.23. The van der Waals surface area contributed by atoms with Crippen LogP contribution in [-0.2, 0) is 9.47 Å². The van der Waals surface area contributed by atoms with E-state index in [4.69, 9.17) is 30.8 Å². The van der Waals surface area contributed by atoms with Crippen LogP contribution in [0.5, 0.6) is 11.5 Å². The van der Waals surface area contributed by atoms with E-state index in [-0.39, 0.29) is 22.7 Å². The van der Waals surface area contributed by atoms with Crippen molar-refractivity contribution in [3.8, 4) is 22.6 Å². The molecule has 2 fully saturated rings. The number of halogens is 1. The molecule has 0 spiro atoms. The van der Waals surface area contributed by atoms with Crippen molar-refractivity contribution in [1.82, 2.24) is 14.9 Å². The van der Waals surface area contributed by atoms with Crippen LogP contribution in [0.15, 0.2) is 48.9 Å². The van der Waals surface area contributed by atoms with E-state index in [1.54, 1.807) is 29.3 Å². The van der Waals surface area contributed by atoms with Crippen LogP contribution in [0.2, 0.25) is 5.02 Å². The lowest BCUT2D eigenvalue weighted by Crippen LogP contribution is -2.55. The van der Waals surface area contributed by atoms with Gasteiger partial charge >= 0.3 is 12.1 Å². The molecule has 0 N–H and O–H groups in total. The lowest BCUT2D eigenvalue weighted by Gasteiger charge is -2.40. The monoisotopic (exact) mass is 578 g/mol. The Labute approximate surface area is 245 Å². The number of ether oxygens (including phenoxy) is 3. The summed E-state index contributed by atoms with van der Waals surface area (Å²) in [5, 5.41) is 0.245. The number of hydrogen-bond acceptors (Lipinski definition) is 8. The second-order valence-electron chi connectivity index (χ2n) is 11.5. The third kappa shape index (κ3) is 6.40. The van der Waals surface area contributed by atoms with E-state index < -0.39 is 11.6 Å². The van der Waals surface area contributed by atoms with E-state index in [0.29, 0.717) is 37.1 Å². The third-order valence-electron chi connectivity index (χ3n) is 7.16. The molecule has 1 aliphatic heterocycles. The van der Waals surface area contributed by atoms with Crippen molar-refractivity contribution in [2.45, 2.75) is 58.1 Å². The zero-order valence-electron chi connectivity index (χ0n) is 24.0. The van der Waals surface area contributed by atoms with Gasteiger partial charge in [-0.25, -0.2) is 14.6 Å². The molecule has 3 aromatic rings. The Balaban J connectivity index is 1.40. The number of benzene rings is 1. The number of piperazine rings is 1. The van der Waals surface area contributed by atoms with Gasteiger partial charge in [-0.2, -0.15) is 0 Å². The molecule has 1 aromatic carbocycles. The Bertz CT molecular complexity index is 1440. The van der Waals surface area contributed by atoms with Gasteiger partial charge in [-0.15, -0.1) is 0 Å². The number of aromatic nitrogens is 2. The zero-order chi connectivity index (χ0) is 29.3. The van der Waals surface area contributed by atoms with Crippen LogP contribution < -0.4 is 9.64 Å². The number of methoxy groups -OCH3 is 1. The molecule has 1 aliphatic carbocycles. The number of hydrogen-bond donors (Lipinski definition) is 0. The molecule has 1 saturated carbocycles. The highest BCUT2D eigenvalue weighted by molar-refractivity contribution is 6.34. The maximum absolute atomic E-state index is 12.6. The molecule has 2 aliphatic rings. The van der Waals surface area contributed by atoms with Crippen molar-refractivity contribution < 1.29 is 23.8 Å². The topological polar surface area (TPSA) is 94.1 Å². The molecule has 3 heterocycles. The molecule has 9 nitrogen and oxygen atoms in total. The van der Waals surface area contributed by atoms with Gasteiger partial charge in [0.25, 0.3) is 0 Å². The first-order valence-electron chi connectivity index (χ1n) is 13.8. The SMILES string of the molecule is COC(=O)c1c(Cl)cccc1Oc1cncc(C2CC2)c1-c1ccc(N2CCN(C(=O)OC(C)(C)C)[C@@H](C)C2)nc1. The van der Waals surface area contributed by atoms with Crippen LogP contribution >= 0.6 is 11.6 Å². The zero-order valence-corrected chi connectivity index (χ0v) is 24.8. The Hall–Kier alpha value is -3.85. The fourth-order valence-electron chi connectivity index (χ4n) is 5.03. The van der Waals surface area contributed by atoms with Crippen molar-refractivity contribution in [1.29, 1.82) is 0 Å². The standard InChI is InChI=1S/C31H35ClN4O5/c1-19-18-35(13-14-36(19)30(38)41-31(2,3)4)26-12-11-21(15-34-26)27-22(20-9-10-20)16-33-17-25(27)40-24-8-6-7-23(32)28(24)29(37)39-5/h6-8,11-12,15-17,19-20H,9-10,13-14,18H2,1-5H3/t19-/m0/s1. The number of amides is 1. The molecule has 2 aromatic heterocycles. The lowest BCUT2D eigenvalue weighted by atomic mass is 9.99. The number of pyridine rings is 2. The van der Waals surface area contributed by atoms with E-state index >= 15 is 0 Å². The van der Waals surface area contributed by atoms with E-state index in [0.717, 1.165) is 35.3 Å². The van der Waals surface area contributed by atoms with Crippen molar-refractivity contribution in [3.63, 3.8) is 0 Å². The molecule has 10 heteroatoms. The van der Waals surface area contributed by atoms with Crippen molar-refractivity contribution in [2.24, 2.45) is 0 Å². The van der Waals surface area contributed by atoms with Crippen molar-refractivity contribution >= 4 is 29.5 Å². The molecule has 5 rings (SSSR count). The predicted molar refractivity (Wildman–Crippen MR) is 157 cm³/mol. The summed E-state index contributed by atoms with van der Waals surface area (Å²) >= 11 is 6.33. The second kappa shape index (κ2) is 11.6. The lowest BCUT2D eigenvalue weighted by molar-refractivity contribution is 0.0158. The predicted octanol–water partition coefficient (Wildman–Crippen LogP) is 6.70. The summed E-state index contributed by atoms with van der Waals surface area (Å²) in [6.45, 7) is 9.49. The number of anilines is 1. The van der Waals surface area contributed by atoms with Gasteiger partial charge in [0, 0.05) is 49.2 Å². The van der Waals surface area contributed by atoms with Crippen molar-refractivity contribution in [3.05, 3.63) is 65.1 Å². The molecule has 41 heavy (non-hydrogen) atoms. The van der Waals surface area contributed by atoms with Crippen LogP contribution in [0.1, 0.15) is 62.4 Å². The normalized spacial score (nSPS) is 17.3. The maximum Gasteiger partial charge on any atom is 0.410 e. The Morgan fingerprint density at radius 1 is 1.02 bits per heavy atom. The molecule has 0 bridgehead atoms. The number of rotatable bonds is 6. The summed E-state index contributed by atoms with van der Waals surface area (Å²) in [7, 11) is 1.31. The first kappa shape index (κ1) is 28.7. The smallest absolute Gasteiger partial charge is 0.410 e. The first-order valence-corrected chi connectivity index (χ1v) is 14.2. The van der Waals surface area contributed by atoms with Gasteiger partial charge in [0.2, 0.25) is 0 Å². The van der Waals surface area contributed by atoms with E-state index in [1.807, 2.05) is 52.2 Å². The van der Waals surface area contributed by atoms with Crippen LogP contribution in [-0.4, -0.2) is 65.3 Å². The van der Waals surface area contributed by atoms with Crippen LogP contribution in [0.25, 0.3) is 11.1 Å². The maximum atomic E-state index is 12.6. The summed E-state index contributed by atoms with van der Waals surface area (Å²) in [5.74, 6) is 1.45. The van der Waals surface area contributed by atoms with Gasteiger partial charge in [-0.05, 0) is 76.3 Å². The summed E-state index contributed by atoms with van der Waals surface area (Å²) in [6, 6.07) is 9.03. The average molecular weight is 579 g/mol. The van der Waals surface area contributed by atoms with Gasteiger partial charge < -0.3 is 24.0 Å². The highest BCUT2D eigenvalue weighted by Crippen LogP contribution is 2.48. The minimum atomic E-state index is -0.578. The number of carbonyl (C=O) groups excluding carboxylic acids is 2. The fourth-order valence-corrected chi connectivity index (χ4v) is 5.28. The number of nitrogens with zero attached hydrogens (tertiary/aromatic N) is 4. The molecule has 0 radical (unpaired) electrons. The Morgan fingerprint density at radius 2 is 1.80 bits per heavy atom. The van der Waals surface area contributed by atoms with Crippen LogP contribution in [0, 0.1) is 0 Å². The quantitative estimate of drug-likeness (QED) is 0.298. The first-order chi connectivity index (χ1) is 19.6. The molecular weight excluding hydrogens is 544 g/mol. The van der Waals surface area contributed by atoms with Gasteiger partial charge in [0.15, 0.2) is 5.75 Å². The minimum Gasteiger partial charge on any atom is -0.465 e. The van der Waals surface area contributed by atoms with Gasteiger partial charge in [-0.1, -0.05) is 17.7 Å². The molecule has 0 unspecified atom stereocenters. The highest BCUT2D eigenvalue weighted by atomic mass is 35.5. The summed E-state index contributed by atoms with van der Waals surface area (Å²) < 4.78 is 16.8. The summed E-state index contributed by atoms with van der Waals surface area (Å²) in [4.78, 5) is 38.3. The molecular formula is C31H35ClN4O5. The number of carbonyl (C=O) groups is 2. The molecule has 1 amide bonds. The minimum absolute atomic E-state index is 0.0246. The van der Waals surface area contributed by atoms with E-state index in [2.05, 4.69) is 9.88 Å². The highest BCUT2D eigenvalue weighted by Gasteiger charge is 2.32. The van der Waals surface area contributed by atoms with Gasteiger partial charge in [0.05, 0.1) is 18.3 Å². The van der Waals surface area contributed by atoms with E-state index in [1.165, 1.54) is 7.11 Å². The average Bonchev–Trinajstić information content (AvgIpc) is 3.77. The molecule has 216 valence electrons. The van der Waals surface area contributed by atoms with Crippen LogP contribution in [0.4, 0.5) is 10.6 Å². The third-order valence-corrected chi connectivity index (χ3v) is 7.47. The van der Waals surface area contributed by atoms with Crippen LogP contribution in [0.3, 0.4) is 0 Å². The largest absolute Gasteiger partial charge is 0.465 e. The molecule has 1 saturated heterocycles. The van der Waals surface area contributed by atoms with Gasteiger partial charge in [-0.3, -0.25) is 4.98 Å². The molecule has 1 atom stereocenters. The fraction of sp³-hybridized carbons (Fsp3) is 0.419.